The molecule has 0 aliphatic carbocycles. The highest BCUT2D eigenvalue weighted by molar-refractivity contribution is 6.01. The summed E-state index contributed by atoms with van der Waals surface area (Å²) in [5.74, 6) is 0. The van der Waals surface area contributed by atoms with E-state index in [2.05, 4.69) is 194 Å². The van der Waals surface area contributed by atoms with E-state index in [1.165, 1.54) is 44.4 Å². The molecule has 1 aliphatic rings. The van der Waals surface area contributed by atoms with Crippen LogP contribution in [0.4, 0.5) is 34.1 Å². The smallest absolute Gasteiger partial charge is 0.0540 e. The lowest BCUT2D eigenvalue weighted by molar-refractivity contribution is 0.632. The van der Waals surface area contributed by atoms with E-state index < -0.39 is 0 Å². The van der Waals surface area contributed by atoms with Gasteiger partial charge in [0.25, 0.3) is 0 Å². The van der Waals surface area contributed by atoms with Crippen molar-refractivity contribution in [3.05, 3.63) is 181 Å². The molecule has 0 amide bonds. The summed E-state index contributed by atoms with van der Waals surface area (Å²) in [7, 11) is 0. The molecule has 7 aromatic rings. The van der Waals surface area contributed by atoms with Crippen LogP contribution in [0.25, 0.3) is 21.9 Å². The molecule has 1 aliphatic heterocycles. The Labute approximate surface area is 265 Å². The fourth-order valence-corrected chi connectivity index (χ4v) is 7.04. The van der Waals surface area contributed by atoms with Crippen molar-refractivity contribution in [2.24, 2.45) is 0 Å². The molecule has 0 saturated heterocycles. The van der Waals surface area contributed by atoms with Gasteiger partial charge in [-0.15, -0.1) is 0 Å². The average Bonchev–Trinajstić information content (AvgIpc) is 3.10. The number of para-hydroxylation sites is 4. The van der Waals surface area contributed by atoms with Crippen LogP contribution in [0.3, 0.4) is 0 Å². The molecule has 216 valence electrons. The molecule has 0 bridgehead atoms. The summed E-state index contributed by atoms with van der Waals surface area (Å²) >= 11 is 0. The molecule has 0 N–H and O–H groups in total. The summed E-state index contributed by atoms with van der Waals surface area (Å²) < 4.78 is 0. The van der Waals surface area contributed by atoms with Gasteiger partial charge in [-0.3, -0.25) is 0 Å². The second kappa shape index (κ2) is 10.8. The van der Waals surface area contributed by atoms with Gasteiger partial charge in [0.2, 0.25) is 0 Å². The van der Waals surface area contributed by atoms with Crippen LogP contribution in [0.1, 0.15) is 25.0 Å². The zero-order valence-corrected chi connectivity index (χ0v) is 25.6. The van der Waals surface area contributed by atoms with Crippen LogP contribution in [-0.2, 0) is 5.41 Å². The van der Waals surface area contributed by atoms with Crippen LogP contribution in [0.2, 0.25) is 0 Å². The van der Waals surface area contributed by atoms with E-state index in [1.54, 1.807) is 0 Å². The predicted molar refractivity (Wildman–Crippen MR) is 191 cm³/mol. The Kier molecular flexibility index (Phi) is 6.50. The number of anilines is 6. The summed E-state index contributed by atoms with van der Waals surface area (Å²) in [4.78, 5) is 4.84. The lowest BCUT2D eigenvalue weighted by Crippen LogP contribution is -2.30. The highest BCUT2D eigenvalue weighted by Gasteiger charge is 2.37. The minimum absolute atomic E-state index is 0.145. The minimum atomic E-state index is -0.145. The van der Waals surface area contributed by atoms with Gasteiger partial charge in [-0.25, -0.2) is 0 Å². The highest BCUT2D eigenvalue weighted by Crippen LogP contribution is 2.53. The minimum Gasteiger partial charge on any atom is -0.310 e. The molecule has 0 atom stereocenters. The second-order valence-corrected chi connectivity index (χ2v) is 12.2. The van der Waals surface area contributed by atoms with Crippen molar-refractivity contribution in [1.29, 1.82) is 0 Å². The largest absolute Gasteiger partial charge is 0.310 e. The molecule has 45 heavy (non-hydrogen) atoms. The third kappa shape index (κ3) is 4.49. The van der Waals surface area contributed by atoms with Gasteiger partial charge in [0.05, 0.1) is 22.7 Å². The van der Waals surface area contributed by atoms with Crippen LogP contribution in [-0.4, -0.2) is 0 Å². The fourth-order valence-electron chi connectivity index (χ4n) is 7.04. The molecule has 0 unspecified atom stereocenters. The first kappa shape index (κ1) is 27.0. The topological polar surface area (TPSA) is 6.48 Å². The van der Waals surface area contributed by atoms with Gasteiger partial charge >= 0.3 is 0 Å². The second-order valence-electron chi connectivity index (χ2n) is 12.2. The molecule has 1 heterocycles. The molecule has 0 aromatic heterocycles. The molecule has 0 fully saturated rings. The molecule has 8 rings (SSSR count). The van der Waals surface area contributed by atoms with Gasteiger partial charge in [-0.2, -0.15) is 0 Å². The molecule has 2 heteroatoms. The Hall–Kier alpha value is -5.60. The maximum Gasteiger partial charge on any atom is 0.0540 e. The van der Waals surface area contributed by atoms with Crippen molar-refractivity contribution in [2.45, 2.75) is 19.3 Å². The predicted octanol–water partition coefficient (Wildman–Crippen LogP) is 12.1. The van der Waals surface area contributed by atoms with Crippen LogP contribution < -0.4 is 9.80 Å². The van der Waals surface area contributed by atoms with Crippen molar-refractivity contribution >= 4 is 44.9 Å². The lowest BCUT2D eigenvalue weighted by Gasteiger charge is -2.42. The Balaban J connectivity index is 1.36. The van der Waals surface area contributed by atoms with Gasteiger partial charge in [-0.05, 0) is 70.6 Å². The molecule has 0 radical (unpaired) electrons. The number of benzene rings is 7. The maximum absolute atomic E-state index is 2.43. The van der Waals surface area contributed by atoms with E-state index in [0.717, 1.165) is 22.7 Å². The van der Waals surface area contributed by atoms with Crippen LogP contribution >= 0.6 is 0 Å². The van der Waals surface area contributed by atoms with Crippen molar-refractivity contribution in [2.75, 3.05) is 9.80 Å². The van der Waals surface area contributed by atoms with Gasteiger partial charge in [-0.1, -0.05) is 135 Å². The van der Waals surface area contributed by atoms with E-state index in [0.29, 0.717) is 0 Å². The average molecular weight is 579 g/mol. The number of nitrogens with zero attached hydrogens (tertiary/aromatic N) is 2. The molecular formula is C43H34N2. The van der Waals surface area contributed by atoms with E-state index in [1.807, 2.05) is 0 Å². The normalized spacial score (nSPS) is 13.2. The standard InChI is InChI=1S/C43H34N2/c1-43(2)37-24-12-14-26-41(37)45(34-20-7-4-8-21-34)42-30-32(28-29-38(42)43)36-23-11-13-25-39(36)44(33-18-5-3-6-19-33)40-27-15-17-31-16-9-10-22-35(31)40/h3-30H,1-2H3. The fraction of sp³-hybridized carbons (Fsp3) is 0.0698. The summed E-state index contributed by atoms with van der Waals surface area (Å²) in [6.07, 6.45) is 0. The van der Waals surface area contributed by atoms with Crippen LogP contribution in [0.5, 0.6) is 0 Å². The molecule has 0 saturated carbocycles. The molecule has 2 nitrogen and oxygen atoms in total. The quantitative estimate of drug-likeness (QED) is 0.200. The number of hydrogen-bond acceptors (Lipinski definition) is 2. The van der Waals surface area contributed by atoms with Gasteiger partial charge < -0.3 is 9.80 Å². The van der Waals surface area contributed by atoms with Crippen molar-refractivity contribution < 1.29 is 0 Å². The van der Waals surface area contributed by atoms with E-state index in [4.69, 9.17) is 0 Å². The first-order valence-corrected chi connectivity index (χ1v) is 15.6. The molecular weight excluding hydrogens is 544 g/mol. The zero-order chi connectivity index (χ0) is 30.4. The van der Waals surface area contributed by atoms with E-state index >= 15 is 0 Å². The van der Waals surface area contributed by atoms with Gasteiger partial charge in [0.1, 0.15) is 0 Å². The van der Waals surface area contributed by atoms with E-state index in [-0.39, 0.29) is 5.41 Å². The van der Waals surface area contributed by atoms with Crippen LogP contribution in [0.15, 0.2) is 170 Å². The Morgan fingerprint density at radius 2 is 1.11 bits per heavy atom. The Morgan fingerprint density at radius 3 is 1.96 bits per heavy atom. The third-order valence-corrected chi connectivity index (χ3v) is 9.22. The van der Waals surface area contributed by atoms with Crippen molar-refractivity contribution in [3.8, 4) is 11.1 Å². The lowest BCUT2D eigenvalue weighted by atomic mass is 9.73. The van der Waals surface area contributed by atoms with Gasteiger partial charge in [0, 0.05) is 27.7 Å². The van der Waals surface area contributed by atoms with Crippen LogP contribution in [0, 0.1) is 0 Å². The number of fused-ring (bicyclic) bond motifs is 3. The Bertz CT molecular complexity index is 2140. The Morgan fingerprint density at radius 1 is 0.489 bits per heavy atom. The summed E-state index contributed by atoms with van der Waals surface area (Å²) in [5.41, 5.74) is 11.9. The molecule has 0 spiro atoms. The molecule has 7 aromatic carbocycles. The van der Waals surface area contributed by atoms with Crippen molar-refractivity contribution in [3.63, 3.8) is 0 Å². The van der Waals surface area contributed by atoms with Crippen molar-refractivity contribution in [1.82, 2.24) is 0 Å². The monoisotopic (exact) mass is 578 g/mol. The number of rotatable bonds is 5. The van der Waals surface area contributed by atoms with Gasteiger partial charge in [0.15, 0.2) is 0 Å². The third-order valence-electron chi connectivity index (χ3n) is 9.22. The first-order chi connectivity index (χ1) is 22.1. The SMILES string of the molecule is CC1(C)c2ccccc2N(c2ccccc2)c2cc(-c3ccccc3N(c3ccccc3)c3cccc4ccccc34)ccc21. The first-order valence-electron chi connectivity index (χ1n) is 15.6. The summed E-state index contributed by atoms with van der Waals surface area (Å²) in [6, 6.07) is 61.4. The zero-order valence-electron chi connectivity index (χ0n) is 25.6. The van der Waals surface area contributed by atoms with E-state index in [9.17, 15) is 0 Å². The number of hydrogen-bond donors (Lipinski definition) is 0. The maximum atomic E-state index is 2.43. The summed E-state index contributed by atoms with van der Waals surface area (Å²) in [5, 5.41) is 2.44. The highest BCUT2D eigenvalue weighted by atomic mass is 15.2. The summed E-state index contributed by atoms with van der Waals surface area (Å²) in [6.45, 7) is 4.69.